The molecule has 3 rings (SSSR count). The van der Waals surface area contributed by atoms with Crippen molar-refractivity contribution in [3.8, 4) is 11.5 Å². The van der Waals surface area contributed by atoms with Crippen molar-refractivity contribution < 1.29 is 9.47 Å². The monoisotopic (exact) mass is 255 g/mol. The smallest absolute Gasteiger partial charge is 0.238 e. The van der Waals surface area contributed by atoms with Crippen molar-refractivity contribution in [3.63, 3.8) is 0 Å². The first-order chi connectivity index (χ1) is 9.13. The summed E-state index contributed by atoms with van der Waals surface area (Å²) in [6, 6.07) is 12.3. The number of hydrogen-bond donors (Lipinski definition) is 1. The maximum absolute atomic E-state index is 5.73. The Morgan fingerprint density at radius 1 is 0.947 bits per heavy atom. The maximum Gasteiger partial charge on any atom is 0.238 e. The van der Waals surface area contributed by atoms with Gasteiger partial charge in [-0.05, 0) is 37.6 Å². The van der Waals surface area contributed by atoms with Crippen LogP contribution in [0.4, 0.5) is 11.4 Å². The molecule has 0 radical (unpaired) electrons. The largest absolute Gasteiger partial charge is 0.451 e. The number of rotatable bonds is 2. The third kappa shape index (κ3) is 2.24. The van der Waals surface area contributed by atoms with Gasteiger partial charge < -0.3 is 14.8 Å². The molecule has 0 saturated heterocycles. The lowest BCUT2D eigenvalue weighted by Crippen LogP contribution is -2.11. The molecule has 1 aliphatic rings. The van der Waals surface area contributed by atoms with Gasteiger partial charge in [-0.1, -0.05) is 23.8 Å². The fourth-order valence-electron chi connectivity index (χ4n) is 2.18. The molecule has 0 saturated carbocycles. The highest BCUT2D eigenvalue weighted by Gasteiger charge is 2.24. The number of fused-ring (bicyclic) bond motifs is 1. The van der Waals surface area contributed by atoms with Crippen molar-refractivity contribution in [2.24, 2.45) is 0 Å². The van der Waals surface area contributed by atoms with E-state index in [1.807, 2.05) is 19.1 Å². The summed E-state index contributed by atoms with van der Waals surface area (Å²) >= 11 is 0. The van der Waals surface area contributed by atoms with Crippen molar-refractivity contribution in [2.75, 3.05) is 5.32 Å². The van der Waals surface area contributed by atoms with Gasteiger partial charge in [0.1, 0.15) is 0 Å². The average molecular weight is 255 g/mol. The molecule has 0 aliphatic carbocycles. The highest BCUT2D eigenvalue weighted by molar-refractivity contribution is 5.74. The van der Waals surface area contributed by atoms with Crippen LogP contribution in [0.5, 0.6) is 11.5 Å². The van der Waals surface area contributed by atoms with Crippen molar-refractivity contribution >= 4 is 11.4 Å². The molecule has 0 spiro atoms. The summed E-state index contributed by atoms with van der Waals surface area (Å²) in [7, 11) is 0. The van der Waals surface area contributed by atoms with Crippen molar-refractivity contribution in [2.45, 2.75) is 27.1 Å². The van der Waals surface area contributed by atoms with Gasteiger partial charge in [-0.25, -0.2) is 0 Å². The Bertz CT molecular complexity index is 605. The summed E-state index contributed by atoms with van der Waals surface area (Å²) in [5.74, 6) is 1.60. The normalized spacial score (nSPS) is 16.5. The van der Waals surface area contributed by atoms with E-state index in [0.717, 1.165) is 28.4 Å². The van der Waals surface area contributed by atoms with Crippen LogP contribution in [0, 0.1) is 13.8 Å². The first-order valence-corrected chi connectivity index (χ1v) is 6.44. The van der Waals surface area contributed by atoms with E-state index >= 15 is 0 Å². The molecule has 19 heavy (non-hydrogen) atoms. The number of anilines is 2. The van der Waals surface area contributed by atoms with E-state index in [1.165, 1.54) is 5.56 Å². The minimum atomic E-state index is -0.227. The molecule has 1 unspecified atom stereocenters. The zero-order chi connectivity index (χ0) is 13.4. The van der Waals surface area contributed by atoms with Gasteiger partial charge in [-0.15, -0.1) is 0 Å². The first kappa shape index (κ1) is 11.9. The molecule has 2 aromatic carbocycles. The first-order valence-electron chi connectivity index (χ1n) is 6.44. The summed E-state index contributed by atoms with van der Waals surface area (Å²) in [5.41, 5.74) is 4.40. The van der Waals surface area contributed by atoms with Gasteiger partial charge in [-0.3, -0.25) is 0 Å². The molecule has 0 amide bonds. The van der Waals surface area contributed by atoms with Crippen LogP contribution in [-0.2, 0) is 0 Å². The van der Waals surface area contributed by atoms with E-state index in [1.54, 1.807) is 0 Å². The Hall–Kier alpha value is -2.16. The molecular weight excluding hydrogens is 238 g/mol. The van der Waals surface area contributed by atoms with E-state index in [0.29, 0.717) is 0 Å². The molecule has 2 aromatic rings. The summed E-state index contributed by atoms with van der Waals surface area (Å²) < 4.78 is 11.3. The maximum atomic E-state index is 5.73. The molecule has 3 heteroatoms. The van der Waals surface area contributed by atoms with Gasteiger partial charge in [0.15, 0.2) is 11.5 Å². The van der Waals surface area contributed by atoms with E-state index in [2.05, 4.69) is 43.4 Å². The van der Waals surface area contributed by atoms with Crippen LogP contribution >= 0.6 is 0 Å². The van der Waals surface area contributed by atoms with E-state index in [9.17, 15) is 0 Å². The van der Waals surface area contributed by atoms with Crippen LogP contribution in [0.1, 0.15) is 18.1 Å². The minimum Gasteiger partial charge on any atom is -0.451 e. The fourth-order valence-corrected chi connectivity index (χ4v) is 2.18. The second kappa shape index (κ2) is 4.50. The lowest BCUT2D eigenvalue weighted by molar-refractivity contribution is 0.0682. The Balaban J connectivity index is 1.97. The summed E-state index contributed by atoms with van der Waals surface area (Å²) in [4.78, 5) is 0. The number of benzene rings is 2. The predicted octanol–water partition coefficient (Wildman–Crippen LogP) is 4.16. The van der Waals surface area contributed by atoms with Crippen molar-refractivity contribution in [1.29, 1.82) is 0 Å². The number of aryl methyl sites for hydroxylation is 2. The van der Waals surface area contributed by atoms with Crippen LogP contribution in [-0.4, -0.2) is 6.29 Å². The molecule has 1 heterocycles. The van der Waals surface area contributed by atoms with Crippen LogP contribution in [0.25, 0.3) is 0 Å². The fraction of sp³-hybridized carbons (Fsp3) is 0.250. The second-order valence-electron chi connectivity index (χ2n) is 4.88. The Labute approximate surface area is 113 Å². The average Bonchev–Trinajstić information content (AvgIpc) is 2.76. The number of hydrogen-bond acceptors (Lipinski definition) is 3. The molecule has 1 N–H and O–H groups in total. The van der Waals surface area contributed by atoms with Crippen LogP contribution in [0.2, 0.25) is 0 Å². The van der Waals surface area contributed by atoms with Gasteiger partial charge in [0.2, 0.25) is 6.29 Å². The van der Waals surface area contributed by atoms with E-state index < -0.39 is 0 Å². The van der Waals surface area contributed by atoms with Crippen molar-refractivity contribution in [1.82, 2.24) is 0 Å². The summed E-state index contributed by atoms with van der Waals surface area (Å²) in [6.45, 7) is 6.03. The SMILES string of the molecule is Cc1ccc(Nc2c(C)ccc3c2OC(C)O3)cc1. The highest BCUT2D eigenvalue weighted by Crippen LogP contribution is 2.44. The van der Waals surface area contributed by atoms with Gasteiger partial charge in [0.05, 0.1) is 5.69 Å². The van der Waals surface area contributed by atoms with Crippen LogP contribution in [0.15, 0.2) is 36.4 Å². The quantitative estimate of drug-likeness (QED) is 0.873. The molecule has 0 aromatic heterocycles. The zero-order valence-electron chi connectivity index (χ0n) is 11.4. The molecule has 0 bridgehead atoms. The second-order valence-corrected chi connectivity index (χ2v) is 4.88. The molecular formula is C16H17NO2. The lowest BCUT2D eigenvalue weighted by Gasteiger charge is -2.12. The Kier molecular flexibility index (Phi) is 2.82. The topological polar surface area (TPSA) is 30.5 Å². The highest BCUT2D eigenvalue weighted by atomic mass is 16.7. The number of ether oxygens (including phenoxy) is 2. The van der Waals surface area contributed by atoms with Gasteiger partial charge in [0, 0.05) is 12.6 Å². The van der Waals surface area contributed by atoms with Gasteiger partial charge in [0.25, 0.3) is 0 Å². The zero-order valence-corrected chi connectivity index (χ0v) is 11.4. The van der Waals surface area contributed by atoms with E-state index in [-0.39, 0.29) is 6.29 Å². The predicted molar refractivity (Wildman–Crippen MR) is 76.4 cm³/mol. The lowest BCUT2D eigenvalue weighted by atomic mass is 10.1. The Morgan fingerprint density at radius 2 is 1.68 bits per heavy atom. The van der Waals surface area contributed by atoms with Gasteiger partial charge >= 0.3 is 0 Å². The van der Waals surface area contributed by atoms with Crippen LogP contribution < -0.4 is 14.8 Å². The van der Waals surface area contributed by atoms with E-state index in [4.69, 9.17) is 9.47 Å². The standard InChI is InChI=1S/C16H17NO2/c1-10-4-7-13(8-5-10)17-15-11(2)6-9-14-16(15)19-12(3)18-14/h4-9,12,17H,1-3H3. The van der Waals surface area contributed by atoms with Crippen LogP contribution in [0.3, 0.4) is 0 Å². The molecule has 1 atom stereocenters. The molecule has 1 aliphatic heterocycles. The van der Waals surface area contributed by atoms with Crippen molar-refractivity contribution in [3.05, 3.63) is 47.5 Å². The summed E-state index contributed by atoms with van der Waals surface area (Å²) in [6.07, 6.45) is -0.227. The molecule has 98 valence electrons. The minimum absolute atomic E-state index is 0.227. The third-order valence-electron chi connectivity index (χ3n) is 3.23. The number of nitrogens with one attached hydrogen (secondary N) is 1. The van der Waals surface area contributed by atoms with Gasteiger partial charge in [-0.2, -0.15) is 0 Å². The summed E-state index contributed by atoms with van der Waals surface area (Å²) in [5, 5.41) is 3.42. The Morgan fingerprint density at radius 3 is 2.42 bits per heavy atom. The molecule has 3 nitrogen and oxygen atoms in total. The molecule has 0 fully saturated rings. The third-order valence-corrected chi connectivity index (χ3v) is 3.23.